The van der Waals surface area contributed by atoms with E-state index < -0.39 is 48.3 Å². The average molecular weight is 332 g/mol. The van der Waals surface area contributed by atoms with Gasteiger partial charge in [0.15, 0.2) is 6.10 Å². The van der Waals surface area contributed by atoms with Gasteiger partial charge in [-0.3, -0.25) is 19.2 Å². The van der Waals surface area contributed by atoms with Crippen LogP contribution >= 0.6 is 0 Å². The number of ether oxygens (including phenoxy) is 5. The minimum Gasteiger partial charge on any atom is -0.465 e. The fourth-order valence-electron chi connectivity index (χ4n) is 2.14. The Balaban J connectivity index is 2.92. The van der Waals surface area contributed by atoms with Gasteiger partial charge in [0.25, 0.3) is 0 Å². The van der Waals surface area contributed by atoms with Gasteiger partial charge in [0.2, 0.25) is 6.29 Å². The molecule has 0 aromatic carbocycles. The molecule has 0 bridgehead atoms. The molecule has 0 aromatic heterocycles. The molecular weight excluding hydrogens is 312 g/mol. The first-order valence-electron chi connectivity index (χ1n) is 6.97. The van der Waals surface area contributed by atoms with Crippen LogP contribution in [0.5, 0.6) is 0 Å². The number of hydrogen-bond acceptors (Lipinski definition) is 9. The van der Waals surface area contributed by atoms with Crippen molar-refractivity contribution in [3.63, 3.8) is 0 Å². The predicted molar refractivity (Wildman–Crippen MR) is 72.7 cm³/mol. The zero-order valence-corrected chi connectivity index (χ0v) is 13.4. The molecule has 1 aliphatic heterocycles. The number of esters is 4. The van der Waals surface area contributed by atoms with Crippen LogP contribution < -0.4 is 0 Å². The van der Waals surface area contributed by atoms with E-state index in [0.29, 0.717) is 0 Å². The third-order valence-electron chi connectivity index (χ3n) is 2.99. The summed E-state index contributed by atoms with van der Waals surface area (Å²) in [5.41, 5.74) is 0. The van der Waals surface area contributed by atoms with E-state index in [-0.39, 0.29) is 13.2 Å². The highest BCUT2D eigenvalue weighted by Gasteiger charge is 2.49. The number of hydrogen-bond donors (Lipinski definition) is 0. The monoisotopic (exact) mass is 332 g/mol. The summed E-state index contributed by atoms with van der Waals surface area (Å²) in [4.78, 5) is 44.4. The fraction of sp³-hybridized carbons (Fsp3) is 0.714. The summed E-state index contributed by atoms with van der Waals surface area (Å²) in [7, 11) is 0. The summed E-state index contributed by atoms with van der Waals surface area (Å²) in [6, 6.07) is 0. The lowest BCUT2D eigenvalue weighted by atomic mass is 9.99. The summed E-state index contributed by atoms with van der Waals surface area (Å²) in [5.74, 6) is -2.96. The number of rotatable bonds is 6. The molecule has 0 radical (unpaired) electrons. The van der Waals surface area contributed by atoms with Crippen molar-refractivity contribution in [3.05, 3.63) is 0 Å². The van der Waals surface area contributed by atoms with E-state index in [2.05, 4.69) is 0 Å². The molecule has 0 N–H and O–H groups in total. The van der Waals surface area contributed by atoms with Crippen molar-refractivity contribution in [2.75, 3.05) is 13.2 Å². The molecule has 1 saturated heterocycles. The Morgan fingerprint density at radius 2 is 1.30 bits per heavy atom. The maximum Gasteiger partial charge on any atom is 0.305 e. The van der Waals surface area contributed by atoms with E-state index in [9.17, 15) is 19.2 Å². The van der Waals surface area contributed by atoms with Crippen molar-refractivity contribution in [1.82, 2.24) is 0 Å². The molecule has 1 heterocycles. The van der Waals surface area contributed by atoms with Gasteiger partial charge >= 0.3 is 23.9 Å². The average Bonchev–Trinajstić information content (AvgIpc) is 2.70. The van der Waals surface area contributed by atoms with E-state index >= 15 is 0 Å². The van der Waals surface area contributed by atoms with Gasteiger partial charge in [-0.25, -0.2) is 0 Å². The molecule has 0 saturated carbocycles. The third kappa shape index (κ3) is 6.23. The summed E-state index contributed by atoms with van der Waals surface area (Å²) in [6.07, 6.45) is -2.90. The maximum atomic E-state index is 11.3. The molecule has 130 valence electrons. The first-order valence-corrected chi connectivity index (χ1v) is 6.97. The van der Waals surface area contributed by atoms with Crippen molar-refractivity contribution >= 4 is 23.9 Å². The summed E-state index contributed by atoms with van der Waals surface area (Å²) < 4.78 is 25.4. The Labute approximate surface area is 133 Å². The largest absolute Gasteiger partial charge is 0.465 e. The van der Waals surface area contributed by atoms with Crippen LogP contribution in [0.4, 0.5) is 0 Å². The fourth-order valence-corrected chi connectivity index (χ4v) is 2.14. The standard InChI is InChI=1S/C14H20O9/c1-7(15)19-5-11-12(6-20-8(2)16)23-14(22-10(4)18)13(11)21-9(3)17/h11-14H,5-6H2,1-4H3/t11-,12-,13-,14?/m1/s1. The molecule has 9 nitrogen and oxygen atoms in total. The van der Waals surface area contributed by atoms with Crippen LogP contribution in [-0.2, 0) is 42.9 Å². The Morgan fingerprint density at radius 3 is 1.78 bits per heavy atom. The second kappa shape index (κ2) is 8.47. The zero-order valence-electron chi connectivity index (χ0n) is 13.4. The molecule has 0 aliphatic carbocycles. The lowest BCUT2D eigenvalue weighted by molar-refractivity contribution is -0.197. The highest BCUT2D eigenvalue weighted by atomic mass is 16.7. The lowest BCUT2D eigenvalue weighted by Crippen LogP contribution is -2.38. The first-order chi connectivity index (χ1) is 10.7. The number of carbonyl (C=O) groups excluding carboxylic acids is 4. The SMILES string of the molecule is CC(=O)OC[C@@H]1[C@@H](COC(C)=O)OC(OC(C)=O)[C@@H]1OC(C)=O. The van der Waals surface area contributed by atoms with Gasteiger partial charge in [0, 0.05) is 27.7 Å². The van der Waals surface area contributed by atoms with Crippen LogP contribution in [0, 0.1) is 5.92 Å². The topological polar surface area (TPSA) is 114 Å². The molecule has 1 fully saturated rings. The highest BCUT2D eigenvalue weighted by Crippen LogP contribution is 2.31. The Bertz CT molecular complexity index is 473. The summed E-state index contributed by atoms with van der Waals surface area (Å²) >= 11 is 0. The molecule has 23 heavy (non-hydrogen) atoms. The smallest absolute Gasteiger partial charge is 0.305 e. The Morgan fingerprint density at radius 1 is 0.783 bits per heavy atom. The van der Waals surface area contributed by atoms with Crippen LogP contribution in [0.25, 0.3) is 0 Å². The van der Waals surface area contributed by atoms with E-state index in [1.54, 1.807) is 0 Å². The van der Waals surface area contributed by atoms with E-state index in [0.717, 1.165) is 0 Å². The minimum atomic E-state index is -1.17. The van der Waals surface area contributed by atoms with Crippen LogP contribution in [0.1, 0.15) is 27.7 Å². The van der Waals surface area contributed by atoms with Crippen molar-refractivity contribution in [1.29, 1.82) is 0 Å². The normalized spacial score (nSPS) is 26.3. The molecule has 0 aromatic rings. The predicted octanol–water partition coefficient (Wildman–Crippen LogP) is -0.0515. The van der Waals surface area contributed by atoms with Gasteiger partial charge in [0.1, 0.15) is 19.3 Å². The number of carbonyl (C=O) groups is 4. The Hall–Kier alpha value is -2.16. The van der Waals surface area contributed by atoms with E-state index in [4.69, 9.17) is 23.7 Å². The quantitative estimate of drug-likeness (QED) is 0.487. The molecule has 1 rings (SSSR count). The van der Waals surface area contributed by atoms with Crippen LogP contribution in [0.3, 0.4) is 0 Å². The molecular formula is C14H20O9. The lowest BCUT2D eigenvalue weighted by Gasteiger charge is -2.22. The second-order valence-electron chi connectivity index (χ2n) is 5.00. The Kier molecular flexibility index (Phi) is 6.95. The molecule has 4 atom stereocenters. The minimum absolute atomic E-state index is 0.142. The van der Waals surface area contributed by atoms with Gasteiger partial charge in [-0.1, -0.05) is 0 Å². The van der Waals surface area contributed by atoms with Crippen LogP contribution in [0.2, 0.25) is 0 Å². The van der Waals surface area contributed by atoms with Crippen LogP contribution in [0.15, 0.2) is 0 Å². The summed E-state index contributed by atoms with van der Waals surface area (Å²) in [5, 5.41) is 0. The molecule has 1 aliphatic rings. The zero-order chi connectivity index (χ0) is 17.6. The van der Waals surface area contributed by atoms with Gasteiger partial charge < -0.3 is 23.7 Å². The van der Waals surface area contributed by atoms with Crippen LogP contribution in [-0.4, -0.2) is 55.6 Å². The van der Waals surface area contributed by atoms with E-state index in [1.165, 1.54) is 27.7 Å². The van der Waals surface area contributed by atoms with Crippen molar-refractivity contribution in [3.8, 4) is 0 Å². The maximum absolute atomic E-state index is 11.3. The van der Waals surface area contributed by atoms with Crippen molar-refractivity contribution in [2.24, 2.45) is 5.92 Å². The second-order valence-corrected chi connectivity index (χ2v) is 5.00. The van der Waals surface area contributed by atoms with Crippen molar-refractivity contribution < 1.29 is 42.9 Å². The summed E-state index contributed by atoms with van der Waals surface area (Å²) in [6.45, 7) is 4.51. The highest BCUT2D eigenvalue weighted by molar-refractivity contribution is 5.68. The van der Waals surface area contributed by atoms with Gasteiger partial charge in [-0.05, 0) is 0 Å². The van der Waals surface area contributed by atoms with Crippen molar-refractivity contribution in [2.45, 2.75) is 46.2 Å². The first kappa shape index (κ1) is 18.9. The molecule has 1 unspecified atom stereocenters. The molecule has 9 heteroatoms. The van der Waals surface area contributed by atoms with Gasteiger partial charge in [0.05, 0.1) is 5.92 Å². The molecule has 0 spiro atoms. The van der Waals surface area contributed by atoms with Gasteiger partial charge in [-0.15, -0.1) is 0 Å². The third-order valence-corrected chi connectivity index (χ3v) is 2.99. The van der Waals surface area contributed by atoms with E-state index in [1.807, 2.05) is 0 Å². The van der Waals surface area contributed by atoms with Gasteiger partial charge in [-0.2, -0.15) is 0 Å². The molecule has 0 amide bonds.